The van der Waals surface area contributed by atoms with E-state index in [0.717, 1.165) is 23.0 Å². The van der Waals surface area contributed by atoms with Crippen molar-refractivity contribution < 1.29 is 0 Å². The van der Waals surface area contributed by atoms with Crippen molar-refractivity contribution in [3.05, 3.63) is 36.3 Å². The van der Waals surface area contributed by atoms with Gasteiger partial charge in [0.25, 0.3) is 0 Å². The average molecular weight is 281 g/mol. The first-order chi connectivity index (χ1) is 10.3. The predicted octanol–water partition coefficient (Wildman–Crippen LogP) is 2.10. The van der Waals surface area contributed by atoms with Gasteiger partial charge in [0.1, 0.15) is 11.3 Å². The molecule has 0 aromatic carbocycles. The number of nitrogens with one attached hydrogen (secondary N) is 2. The Bertz CT molecular complexity index is 692. The summed E-state index contributed by atoms with van der Waals surface area (Å²) in [6.07, 6.45) is 12.6. The summed E-state index contributed by atoms with van der Waals surface area (Å²) in [5.41, 5.74) is 5.53. The minimum atomic E-state index is 0.0120. The molecule has 3 fully saturated rings. The van der Waals surface area contributed by atoms with Crippen LogP contribution in [0.1, 0.15) is 37.7 Å². The maximum absolute atomic E-state index is 4.61. The molecule has 3 aliphatic carbocycles. The molecule has 5 nitrogen and oxygen atoms in total. The molecule has 0 saturated heterocycles. The minimum Gasteiger partial charge on any atom is -0.344 e. The summed E-state index contributed by atoms with van der Waals surface area (Å²) in [5.74, 6) is 2.53. The molecule has 4 aliphatic rings. The van der Waals surface area contributed by atoms with Crippen molar-refractivity contribution in [2.24, 2.45) is 16.9 Å². The van der Waals surface area contributed by atoms with Crippen LogP contribution in [0.2, 0.25) is 0 Å². The molecule has 6 rings (SSSR count). The van der Waals surface area contributed by atoms with Crippen LogP contribution < -0.4 is 10.7 Å². The maximum Gasteiger partial charge on any atom is 0.156 e. The average Bonchev–Trinajstić information content (AvgIpc) is 3.13. The Morgan fingerprint density at radius 2 is 2.14 bits per heavy atom. The SMILES string of the molecule is c1cnc2cc(C3=NN[C@@]4(CC5CCC4CC5)N3)cn2c1. The summed E-state index contributed by atoms with van der Waals surface area (Å²) in [6.45, 7) is 0. The number of rotatable bonds is 1. The zero-order chi connectivity index (χ0) is 13.9. The summed E-state index contributed by atoms with van der Waals surface area (Å²) in [4.78, 5) is 4.38. The summed E-state index contributed by atoms with van der Waals surface area (Å²) in [7, 11) is 0. The van der Waals surface area contributed by atoms with Gasteiger partial charge in [-0.25, -0.2) is 4.98 Å². The van der Waals surface area contributed by atoms with Crippen molar-refractivity contribution in [3.63, 3.8) is 0 Å². The molecule has 2 N–H and O–H groups in total. The third-order valence-electron chi connectivity index (χ3n) is 5.50. The minimum absolute atomic E-state index is 0.0120. The van der Waals surface area contributed by atoms with Crippen LogP contribution in [0.15, 0.2) is 35.8 Å². The van der Waals surface area contributed by atoms with Crippen LogP contribution >= 0.6 is 0 Å². The number of amidine groups is 1. The largest absolute Gasteiger partial charge is 0.344 e. The normalized spacial score (nSPS) is 34.0. The van der Waals surface area contributed by atoms with Crippen molar-refractivity contribution in [1.29, 1.82) is 0 Å². The highest BCUT2D eigenvalue weighted by Crippen LogP contribution is 2.47. The predicted molar refractivity (Wildman–Crippen MR) is 80.8 cm³/mol. The lowest BCUT2D eigenvalue weighted by Crippen LogP contribution is -2.62. The first-order valence-electron chi connectivity index (χ1n) is 7.89. The number of nitrogens with zero attached hydrogens (tertiary/aromatic N) is 3. The summed E-state index contributed by atoms with van der Waals surface area (Å²) >= 11 is 0. The van der Waals surface area contributed by atoms with Gasteiger partial charge in [-0.05, 0) is 50.2 Å². The number of hydrogen-bond donors (Lipinski definition) is 2. The molecule has 2 aromatic rings. The van der Waals surface area contributed by atoms with E-state index in [-0.39, 0.29) is 5.66 Å². The lowest BCUT2D eigenvalue weighted by atomic mass is 9.64. The number of fused-ring (bicyclic) bond motifs is 3. The Morgan fingerprint density at radius 3 is 2.90 bits per heavy atom. The fraction of sp³-hybridized carbons (Fsp3) is 0.500. The first-order valence-corrected chi connectivity index (χ1v) is 7.89. The van der Waals surface area contributed by atoms with E-state index in [1.807, 2.05) is 22.9 Å². The Kier molecular flexibility index (Phi) is 2.21. The molecule has 5 heteroatoms. The Labute approximate surface area is 123 Å². The van der Waals surface area contributed by atoms with E-state index in [4.69, 9.17) is 0 Å². The van der Waals surface area contributed by atoms with Gasteiger partial charge in [-0.15, -0.1) is 0 Å². The van der Waals surface area contributed by atoms with Crippen LogP contribution in [0.3, 0.4) is 0 Å². The molecule has 0 amide bonds. The molecular weight excluding hydrogens is 262 g/mol. The molecule has 0 unspecified atom stereocenters. The van der Waals surface area contributed by atoms with E-state index in [9.17, 15) is 0 Å². The number of aromatic nitrogens is 2. The van der Waals surface area contributed by atoms with E-state index in [1.54, 1.807) is 0 Å². The fourth-order valence-corrected chi connectivity index (χ4v) is 4.40. The molecule has 3 saturated carbocycles. The van der Waals surface area contributed by atoms with Crippen molar-refractivity contribution >= 4 is 11.5 Å². The third kappa shape index (κ3) is 1.63. The van der Waals surface area contributed by atoms with Gasteiger partial charge in [0.05, 0.1) is 0 Å². The van der Waals surface area contributed by atoms with Crippen LogP contribution in [-0.2, 0) is 0 Å². The lowest BCUT2D eigenvalue weighted by Gasteiger charge is -2.49. The second-order valence-corrected chi connectivity index (χ2v) is 6.70. The monoisotopic (exact) mass is 281 g/mol. The van der Waals surface area contributed by atoms with Crippen LogP contribution in [0.25, 0.3) is 5.65 Å². The van der Waals surface area contributed by atoms with Crippen LogP contribution in [0.5, 0.6) is 0 Å². The molecular formula is C16H19N5. The Hall–Kier alpha value is -2.04. The molecule has 1 aliphatic heterocycles. The van der Waals surface area contributed by atoms with Gasteiger partial charge < -0.3 is 9.72 Å². The highest BCUT2D eigenvalue weighted by molar-refractivity contribution is 6.01. The quantitative estimate of drug-likeness (QED) is 0.841. The van der Waals surface area contributed by atoms with Crippen LogP contribution in [0.4, 0.5) is 0 Å². The van der Waals surface area contributed by atoms with Gasteiger partial charge in [0, 0.05) is 30.1 Å². The zero-order valence-corrected chi connectivity index (χ0v) is 11.9. The van der Waals surface area contributed by atoms with Gasteiger partial charge in [-0.3, -0.25) is 5.43 Å². The summed E-state index contributed by atoms with van der Waals surface area (Å²) in [6, 6.07) is 4.04. The van der Waals surface area contributed by atoms with Crippen LogP contribution in [-0.4, -0.2) is 20.9 Å². The molecule has 1 spiro atoms. The van der Waals surface area contributed by atoms with Crippen LogP contribution in [0, 0.1) is 11.8 Å². The van der Waals surface area contributed by atoms with Crippen molar-refractivity contribution in [2.45, 2.75) is 37.8 Å². The first kappa shape index (κ1) is 11.6. The Balaban J connectivity index is 1.47. The van der Waals surface area contributed by atoms with Gasteiger partial charge >= 0.3 is 0 Å². The summed E-state index contributed by atoms with van der Waals surface area (Å²) in [5, 5.41) is 8.32. The van der Waals surface area contributed by atoms with E-state index in [0.29, 0.717) is 5.92 Å². The number of hydrogen-bond acceptors (Lipinski definition) is 4. The number of hydrazone groups is 1. The van der Waals surface area contributed by atoms with Gasteiger partial charge in [0.15, 0.2) is 5.84 Å². The topological polar surface area (TPSA) is 53.7 Å². The molecule has 0 radical (unpaired) electrons. The van der Waals surface area contributed by atoms with Gasteiger partial charge in [-0.2, -0.15) is 5.10 Å². The van der Waals surface area contributed by atoms with Gasteiger partial charge in [-0.1, -0.05) is 0 Å². The van der Waals surface area contributed by atoms with Gasteiger partial charge in [0.2, 0.25) is 0 Å². The van der Waals surface area contributed by atoms with E-state index >= 15 is 0 Å². The molecule has 21 heavy (non-hydrogen) atoms. The Morgan fingerprint density at radius 1 is 1.24 bits per heavy atom. The second kappa shape index (κ2) is 4.00. The van der Waals surface area contributed by atoms with Crippen molar-refractivity contribution in [1.82, 2.24) is 20.1 Å². The highest BCUT2D eigenvalue weighted by atomic mass is 15.5. The standard InChI is InChI=1S/C16H19N5/c1-6-17-14-8-12(10-21(14)7-1)15-18-16(20-19-15)9-11-2-4-13(16)5-3-11/h1,6-8,10-11,13,20H,2-5,9H2,(H,18,19)/t11?,13?,16-/m1/s1. The smallest absolute Gasteiger partial charge is 0.156 e. The van der Waals surface area contributed by atoms with Crippen molar-refractivity contribution in [2.75, 3.05) is 0 Å². The second-order valence-electron chi connectivity index (χ2n) is 6.70. The summed E-state index contributed by atoms with van der Waals surface area (Å²) < 4.78 is 2.04. The maximum atomic E-state index is 4.61. The fourth-order valence-electron chi connectivity index (χ4n) is 4.40. The molecule has 2 bridgehead atoms. The molecule has 3 heterocycles. The molecule has 2 aromatic heterocycles. The third-order valence-corrected chi connectivity index (χ3v) is 5.50. The van der Waals surface area contributed by atoms with Crippen molar-refractivity contribution in [3.8, 4) is 0 Å². The highest BCUT2D eigenvalue weighted by Gasteiger charge is 2.50. The zero-order valence-electron chi connectivity index (χ0n) is 11.9. The molecule has 1 atom stereocenters. The van der Waals surface area contributed by atoms with E-state index in [1.165, 1.54) is 32.1 Å². The molecule has 108 valence electrons. The lowest BCUT2D eigenvalue weighted by molar-refractivity contribution is 0.0394. The van der Waals surface area contributed by atoms with E-state index in [2.05, 4.69) is 33.1 Å². The van der Waals surface area contributed by atoms with E-state index < -0.39 is 0 Å².